The molecule has 0 aliphatic carbocycles. The average molecular weight is 380 g/mol. The Labute approximate surface area is 163 Å². The Morgan fingerprint density at radius 2 is 2.07 bits per heavy atom. The van der Waals surface area contributed by atoms with Crippen LogP contribution in [0.1, 0.15) is 34.8 Å². The lowest BCUT2D eigenvalue weighted by Gasteiger charge is -2.11. The van der Waals surface area contributed by atoms with Crippen molar-refractivity contribution in [2.24, 2.45) is 0 Å². The quantitative estimate of drug-likeness (QED) is 0.704. The number of amides is 1. The summed E-state index contributed by atoms with van der Waals surface area (Å²) in [6.07, 6.45) is 6.35. The number of nitrogens with zero attached hydrogens (tertiary/aromatic N) is 4. The van der Waals surface area contributed by atoms with Crippen LogP contribution in [-0.4, -0.2) is 45.4 Å². The molecule has 8 nitrogen and oxygen atoms in total. The summed E-state index contributed by atoms with van der Waals surface area (Å²) in [5, 5.41) is 10.7. The number of methoxy groups -OCH3 is 1. The molecule has 1 amide bonds. The van der Waals surface area contributed by atoms with E-state index in [9.17, 15) is 4.79 Å². The number of rotatable bonds is 5. The maximum Gasteiger partial charge on any atom is 0.271 e. The van der Waals surface area contributed by atoms with Gasteiger partial charge in [-0.15, -0.1) is 0 Å². The third kappa shape index (κ3) is 3.77. The lowest BCUT2D eigenvalue weighted by molar-refractivity contribution is 0.0935. The number of carbonyl (C=O) groups excluding carboxylic acids is 1. The van der Waals surface area contributed by atoms with Gasteiger partial charge in [-0.25, -0.2) is 9.67 Å². The summed E-state index contributed by atoms with van der Waals surface area (Å²) in [4.78, 5) is 17.1. The zero-order chi connectivity index (χ0) is 19.5. The molecule has 0 bridgehead atoms. The molecule has 0 radical (unpaired) electrons. The average Bonchev–Trinajstić information content (AvgIpc) is 3.31. The van der Waals surface area contributed by atoms with Crippen molar-refractivity contribution in [2.75, 3.05) is 20.2 Å². The van der Waals surface area contributed by atoms with Gasteiger partial charge in [-0.05, 0) is 31.2 Å². The molecule has 1 aromatic carbocycles. The van der Waals surface area contributed by atoms with Crippen LogP contribution in [0.2, 0.25) is 0 Å². The van der Waals surface area contributed by atoms with Gasteiger partial charge in [-0.3, -0.25) is 4.79 Å². The normalized spacial score (nSPS) is 14.8. The van der Waals surface area contributed by atoms with Crippen molar-refractivity contribution in [2.45, 2.75) is 25.9 Å². The number of fused-ring (bicyclic) bond motifs is 1. The zero-order valence-corrected chi connectivity index (χ0v) is 16.1. The van der Waals surface area contributed by atoms with Crippen molar-refractivity contribution in [1.29, 1.82) is 0 Å². The van der Waals surface area contributed by atoms with E-state index in [1.165, 1.54) is 0 Å². The van der Waals surface area contributed by atoms with Crippen LogP contribution in [-0.2, 0) is 13.0 Å². The molecular weight excluding hydrogens is 356 g/mol. The van der Waals surface area contributed by atoms with Crippen LogP contribution in [0.25, 0.3) is 5.69 Å². The first kappa shape index (κ1) is 18.2. The first-order valence-electron chi connectivity index (χ1n) is 9.40. The van der Waals surface area contributed by atoms with Crippen LogP contribution in [0.4, 0.5) is 0 Å². The van der Waals surface area contributed by atoms with Crippen molar-refractivity contribution in [3.05, 3.63) is 59.9 Å². The van der Waals surface area contributed by atoms with Gasteiger partial charge in [0, 0.05) is 44.0 Å². The summed E-state index contributed by atoms with van der Waals surface area (Å²) in [5.41, 5.74) is 2.32. The van der Waals surface area contributed by atoms with E-state index in [2.05, 4.69) is 25.3 Å². The molecule has 1 aliphatic rings. The molecule has 0 saturated carbocycles. The third-order valence-corrected chi connectivity index (χ3v) is 4.93. The molecule has 1 aliphatic heterocycles. The molecule has 4 rings (SSSR count). The number of nitrogens with one attached hydrogen (secondary N) is 2. The molecule has 146 valence electrons. The van der Waals surface area contributed by atoms with Gasteiger partial charge in [0.2, 0.25) is 0 Å². The lowest BCUT2D eigenvalue weighted by atomic mass is 10.2. The summed E-state index contributed by atoms with van der Waals surface area (Å²) < 4.78 is 9.02. The highest BCUT2D eigenvalue weighted by molar-refractivity contribution is 5.92. The smallest absolute Gasteiger partial charge is 0.271 e. The molecule has 3 heterocycles. The van der Waals surface area contributed by atoms with Crippen LogP contribution in [0.5, 0.6) is 5.75 Å². The molecular formula is C20H24N6O2. The van der Waals surface area contributed by atoms with Gasteiger partial charge in [-0.1, -0.05) is 0 Å². The SMILES string of the molecule is COc1ccc(-n2cc(C(C)NC(=O)c3cn4c(n3)CCNCC4)cn2)cc1. The Kier molecular flexibility index (Phi) is 5.12. The van der Waals surface area contributed by atoms with E-state index in [0.717, 1.165) is 48.9 Å². The van der Waals surface area contributed by atoms with Crippen LogP contribution in [0, 0.1) is 0 Å². The molecule has 3 aromatic rings. The maximum absolute atomic E-state index is 12.6. The minimum atomic E-state index is -0.178. The van der Waals surface area contributed by atoms with E-state index in [0.29, 0.717) is 5.69 Å². The molecule has 0 spiro atoms. The number of ether oxygens (including phenoxy) is 1. The van der Waals surface area contributed by atoms with Crippen LogP contribution in [0.15, 0.2) is 42.9 Å². The second kappa shape index (κ2) is 7.85. The molecule has 1 unspecified atom stereocenters. The number of aromatic nitrogens is 4. The van der Waals surface area contributed by atoms with E-state index in [1.54, 1.807) is 18.0 Å². The minimum Gasteiger partial charge on any atom is -0.497 e. The van der Waals surface area contributed by atoms with Gasteiger partial charge in [0.05, 0.1) is 25.0 Å². The predicted molar refractivity (Wildman–Crippen MR) is 105 cm³/mol. The molecule has 0 fully saturated rings. The van der Waals surface area contributed by atoms with Crippen molar-refractivity contribution in [3.63, 3.8) is 0 Å². The Hall–Kier alpha value is -3.13. The second-order valence-electron chi connectivity index (χ2n) is 6.85. The lowest BCUT2D eigenvalue weighted by Crippen LogP contribution is -2.27. The fourth-order valence-electron chi connectivity index (χ4n) is 3.27. The highest BCUT2D eigenvalue weighted by Crippen LogP contribution is 2.18. The minimum absolute atomic E-state index is 0.168. The van der Waals surface area contributed by atoms with Gasteiger partial charge < -0.3 is 19.9 Å². The topological polar surface area (TPSA) is 86.0 Å². The van der Waals surface area contributed by atoms with Gasteiger partial charge in [-0.2, -0.15) is 5.10 Å². The number of hydrogen-bond donors (Lipinski definition) is 2. The Morgan fingerprint density at radius 3 is 2.86 bits per heavy atom. The monoisotopic (exact) mass is 380 g/mol. The fourth-order valence-corrected chi connectivity index (χ4v) is 3.27. The molecule has 2 N–H and O–H groups in total. The Morgan fingerprint density at radius 1 is 1.25 bits per heavy atom. The molecule has 0 saturated heterocycles. The Bertz CT molecular complexity index is 936. The van der Waals surface area contributed by atoms with Crippen molar-refractivity contribution in [3.8, 4) is 11.4 Å². The fraction of sp³-hybridized carbons (Fsp3) is 0.350. The largest absolute Gasteiger partial charge is 0.497 e. The number of hydrogen-bond acceptors (Lipinski definition) is 5. The first-order chi connectivity index (χ1) is 13.6. The van der Waals surface area contributed by atoms with Gasteiger partial charge in [0.1, 0.15) is 17.3 Å². The van der Waals surface area contributed by atoms with Crippen molar-refractivity contribution < 1.29 is 9.53 Å². The first-order valence-corrected chi connectivity index (χ1v) is 9.40. The molecule has 28 heavy (non-hydrogen) atoms. The van der Waals surface area contributed by atoms with Gasteiger partial charge >= 0.3 is 0 Å². The third-order valence-electron chi connectivity index (χ3n) is 4.93. The van der Waals surface area contributed by atoms with E-state index in [4.69, 9.17) is 4.74 Å². The van der Waals surface area contributed by atoms with Crippen molar-refractivity contribution in [1.82, 2.24) is 30.0 Å². The van der Waals surface area contributed by atoms with Crippen LogP contribution in [0.3, 0.4) is 0 Å². The molecule has 8 heteroatoms. The predicted octanol–water partition coefficient (Wildman–Crippen LogP) is 1.71. The van der Waals surface area contributed by atoms with E-state index >= 15 is 0 Å². The zero-order valence-electron chi connectivity index (χ0n) is 16.1. The number of carbonyl (C=O) groups is 1. The summed E-state index contributed by atoms with van der Waals surface area (Å²) >= 11 is 0. The summed E-state index contributed by atoms with van der Waals surface area (Å²) in [6.45, 7) is 4.56. The van der Waals surface area contributed by atoms with Crippen LogP contribution >= 0.6 is 0 Å². The van der Waals surface area contributed by atoms with Crippen molar-refractivity contribution >= 4 is 5.91 Å². The Balaban J connectivity index is 1.44. The van der Waals surface area contributed by atoms with E-state index < -0.39 is 0 Å². The maximum atomic E-state index is 12.6. The van der Waals surface area contributed by atoms with Gasteiger partial charge in [0.15, 0.2) is 0 Å². The summed E-state index contributed by atoms with van der Waals surface area (Å²) in [6, 6.07) is 7.47. The van der Waals surface area contributed by atoms with Crippen LogP contribution < -0.4 is 15.4 Å². The highest BCUT2D eigenvalue weighted by Gasteiger charge is 2.18. The summed E-state index contributed by atoms with van der Waals surface area (Å²) in [5.74, 6) is 1.58. The molecule has 1 atom stereocenters. The number of benzene rings is 1. The second-order valence-corrected chi connectivity index (χ2v) is 6.85. The number of imidazole rings is 1. The van der Waals surface area contributed by atoms with E-state index in [1.807, 2.05) is 43.6 Å². The van der Waals surface area contributed by atoms with E-state index in [-0.39, 0.29) is 11.9 Å². The van der Waals surface area contributed by atoms with Gasteiger partial charge in [0.25, 0.3) is 5.91 Å². The molecule has 2 aromatic heterocycles. The summed E-state index contributed by atoms with van der Waals surface area (Å²) in [7, 11) is 1.64. The standard InChI is InChI=1S/C20H24N6O2/c1-14(15-11-22-26(12-15)16-3-5-17(28-2)6-4-16)23-20(27)18-13-25-10-9-21-8-7-19(25)24-18/h3-6,11-14,21H,7-10H2,1-2H3,(H,23,27). The highest BCUT2D eigenvalue weighted by atomic mass is 16.5.